The number of anilines is 1. The van der Waals surface area contributed by atoms with Gasteiger partial charge in [-0.05, 0) is 37.1 Å². The molecule has 1 atom stereocenters. The largest absolute Gasteiger partial charge is 0.320 e. The lowest BCUT2D eigenvalue weighted by Crippen LogP contribution is -2.29. The van der Waals surface area contributed by atoms with Crippen LogP contribution in [0.3, 0.4) is 0 Å². The number of carbonyl (C=O) groups excluding carboxylic acids is 1. The van der Waals surface area contributed by atoms with Crippen LogP contribution < -0.4 is 5.32 Å². The maximum Gasteiger partial charge on any atom is 0.286 e. The molecule has 24 heavy (non-hydrogen) atoms. The molecule has 1 amide bonds. The van der Waals surface area contributed by atoms with Crippen LogP contribution in [0.1, 0.15) is 33.7 Å². The number of hydrogen-bond acceptors (Lipinski definition) is 6. The highest BCUT2D eigenvalue weighted by Crippen LogP contribution is 2.35. The Morgan fingerprint density at radius 1 is 1.33 bits per heavy atom. The molecule has 0 spiro atoms. The Morgan fingerprint density at radius 3 is 2.71 bits per heavy atom. The van der Waals surface area contributed by atoms with E-state index in [1.54, 1.807) is 24.3 Å². The molecule has 1 aromatic heterocycles. The molecule has 1 aliphatic heterocycles. The molecular weight excluding hydrogens is 372 g/mol. The highest BCUT2D eigenvalue weighted by Gasteiger charge is 2.35. The van der Waals surface area contributed by atoms with Crippen molar-refractivity contribution in [2.45, 2.75) is 18.9 Å². The number of sulfonamides is 1. The van der Waals surface area contributed by atoms with Crippen LogP contribution in [0.5, 0.6) is 0 Å². The van der Waals surface area contributed by atoms with Gasteiger partial charge in [0.2, 0.25) is 15.0 Å². The van der Waals surface area contributed by atoms with Gasteiger partial charge < -0.3 is 5.32 Å². The predicted octanol–water partition coefficient (Wildman–Crippen LogP) is 2.54. The van der Waals surface area contributed by atoms with Crippen LogP contribution in [0.4, 0.5) is 5.69 Å². The van der Waals surface area contributed by atoms with Crippen molar-refractivity contribution < 1.29 is 13.2 Å². The van der Waals surface area contributed by atoms with Crippen molar-refractivity contribution in [2.75, 3.05) is 18.1 Å². The lowest BCUT2D eigenvalue weighted by Gasteiger charge is -2.19. The standard InChI is InChI=1S/C14H15ClN4O3S2/c1-24(21,22)19-8-2-3-11(19)13-17-18-14(23-13)12(20)16-10-6-4-9(15)5-7-10/h4-7,11H,2-3,8H2,1H3,(H,16,20)/t11-/m0/s1. The van der Waals surface area contributed by atoms with Crippen LogP contribution in [0, 0.1) is 0 Å². The van der Waals surface area contributed by atoms with Gasteiger partial charge in [-0.15, -0.1) is 10.2 Å². The summed E-state index contributed by atoms with van der Waals surface area (Å²) in [5, 5.41) is 11.9. The van der Waals surface area contributed by atoms with E-state index < -0.39 is 10.0 Å². The van der Waals surface area contributed by atoms with Crippen molar-refractivity contribution in [1.29, 1.82) is 0 Å². The van der Waals surface area contributed by atoms with E-state index in [0.29, 0.717) is 28.7 Å². The zero-order valence-electron chi connectivity index (χ0n) is 12.8. The van der Waals surface area contributed by atoms with E-state index in [2.05, 4.69) is 15.5 Å². The molecule has 0 saturated carbocycles. The molecule has 3 rings (SSSR count). The van der Waals surface area contributed by atoms with Crippen molar-refractivity contribution in [1.82, 2.24) is 14.5 Å². The number of nitrogens with one attached hydrogen (secondary N) is 1. The number of rotatable bonds is 4. The van der Waals surface area contributed by atoms with Gasteiger partial charge in [0.1, 0.15) is 5.01 Å². The molecule has 7 nitrogen and oxygen atoms in total. The molecule has 0 unspecified atom stereocenters. The number of nitrogens with zero attached hydrogens (tertiary/aromatic N) is 3. The van der Waals surface area contributed by atoms with Crippen molar-refractivity contribution in [2.24, 2.45) is 0 Å². The van der Waals surface area contributed by atoms with E-state index in [-0.39, 0.29) is 17.0 Å². The number of aromatic nitrogens is 2. The maximum atomic E-state index is 12.2. The molecule has 0 bridgehead atoms. The lowest BCUT2D eigenvalue weighted by molar-refractivity contribution is 0.102. The molecule has 2 heterocycles. The average Bonchev–Trinajstić information content (AvgIpc) is 3.17. The van der Waals surface area contributed by atoms with E-state index in [4.69, 9.17) is 11.6 Å². The van der Waals surface area contributed by atoms with E-state index in [1.807, 2.05) is 0 Å². The van der Waals surface area contributed by atoms with Gasteiger partial charge in [0.25, 0.3) is 5.91 Å². The number of carbonyl (C=O) groups is 1. The van der Waals surface area contributed by atoms with Gasteiger partial charge in [-0.25, -0.2) is 8.42 Å². The van der Waals surface area contributed by atoms with E-state index in [9.17, 15) is 13.2 Å². The van der Waals surface area contributed by atoms with Gasteiger partial charge >= 0.3 is 0 Å². The van der Waals surface area contributed by atoms with Crippen LogP contribution in [0.25, 0.3) is 0 Å². The van der Waals surface area contributed by atoms with Gasteiger partial charge in [-0.2, -0.15) is 4.31 Å². The Kier molecular flexibility index (Phi) is 4.86. The predicted molar refractivity (Wildman–Crippen MR) is 92.8 cm³/mol. The minimum Gasteiger partial charge on any atom is -0.320 e. The Balaban J connectivity index is 1.75. The summed E-state index contributed by atoms with van der Waals surface area (Å²) in [6.07, 6.45) is 2.63. The average molecular weight is 387 g/mol. The number of halogens is 1. The molecule has 2 aromatic rings. The highest BCUT2D eigenvalue weighted by molar-refractivity contribution is 7.88. The van der Waals surface area contributed by atoms with Crippen LogP contribution in [0.15, 0.2) is 24.3 Å². The third-order valence-corrected chi connectivity index (χ3v) is 6.22. The van der Waals surface area contributed by atoms with Gasteiger partial charge in [0, 0.05) is 17.3 Å². The summed E-state index contributed by atoms with van der Waals surface area (Å²) in [5.41, 5.74) is 0.597. The molecule has 0 aliphatic carbocycles. The fraction of sp³-hybridized carbons (Fsp3) is 0.357. The van der Waals surface area contributed by atoms with Crippen LogP contribution in [-0.2, 0) is 10.0 Å². The van der Waals surface area contributed by atoms with E-state index in [1.165, 1.54) is 10.6 Å². The van der Waals surface area contributed by atoms with Crippen molar-refractivity contribution in [3.05, 3.63) is 39.3 Å². The number of amides is 1. The van der Waals surface area contributed by atoms with Gasteiger partial charge in [0.15, 0.2) is 0 Å². The van der Waals surface area contributed by atoms with Crippen LogP contribution in [0.2, 0.25) is 5.02 Å². The summed E-state index contributed by atoms with van der Waals surface area (Å²) in [7, 11) is -3.30. The Labute approximate surface area is 148 Å². The molecule has 128 valence electrons. The molecule has 0 radical (unpaired) electrons. The monoisotopic (exact) mass is 386 g/mol. The maximum absolute atomic E-state index is 12.2. The summed E-state index contributed by atoms with van der Waals surface area (Å²) in [4.78, 5) is 12.2. The summed E-state index contributed by atoms with van der Waals surface area (Å²) >= 11 is 6.92. The summed E-state index contributed by atoms with van der Waals surface area (Å²) in [6, 6.07) is 6.38. The number of hydrogen-bond donors (Lipinski definition) is 1. The van der Waals surface area contributed by atoms with Crippen molar-refractivity contribution >= 4 is 44.6 Å². The quantitative estimate of drug-likeness (QED) is 0.871. The first-order valence-electron chi connectivity index (χ1n) is 7.22. The fourth-order valence-electron chi connectivity index (χ4n) is 2.56. The molecule has 1 aliphatic rings. The first-order valence-corrected chi connectivity index (χ1v) is 10.3. The van der Waals surface area contributed by atoms with Crippen LogP contribution >= 0.6 is 22.9 Å². The van der Waals surface area contributed by atoms with Gasteiger partial charge in [-0.1, -0.05) is 22.9 Å². The minimum absolute atomic E-state index is 0.195. The van der Waals surface area contributed by atoms with Crippen molar-refractivity contribution in [3.8, 4) is 0 Å². The molecule has 1 fully saturated rings. The number of benzene rings is 1. The third-order valence-electron chi connectivity index (χ3n) is 3.65. The second kappa shape index (κ2) is 6.75. The first-order chi connectivity index (χ1) is 11.3. The van der Waals surface area contributed by atoms with Gasteiger partial charge in [0.05, 0.1) is 12.3 Å². The van der Waals surface area contributed by atoms with Gasteiger partial charge in [-0.3, -0.25) is 4.79 Å². The normalized spacial score (nSPS) is 18.7. The second-order valence-electron chi connectivity index (χ2n) is 5.44. The summed E-state index contributed by atoms with van der Waals surface area (Å²) < 4.78 is 25.0. The van der Waals surface area contributed by atoms with E-state index >= 15 is 0 Å². The lowest BCUT2D eigenvalue weighted by atomic mass is 10.2. The third kappa shape index (κ3) is 3.75. The Hall–Kier alpha value is -1.55. The Bertz CT molecular complexity index is 851. The molecule has 1 saturated heterocycles. The summed E-state index contributed by atoms with van der Waals surface area (Å²) in [5.74, 6) is -0.384. The molecule has 1 N–H and O–H groups in total. The Morgan fingerprint density at radius 2 is 2.04 bits per heavy atom. The zero-order chi connectivity index (χ0) is 17.3. The zero-order valence-corrected chi connectivity index (χ0v) is 15.2. The molecular formula is C14H15ClN4O3S2. The summed E-state index contributed by atoms with van der Waals surface area (Å²) in [6.45, 7) is 0.468. The van der Waals surface area contributed by atoms with Crippen LogP contribution in [-0.4, -0.2) is 41.6 Å². The second-order valence-corrected chi connectivity index (χ2v) is 8.82. The minimum atomic E-state index is -3.30. The topological polar surface area (TPSA) is 92.3 Å². The molecule has 1 aromatic carbocycles. The van der Waals surface area contributed by atoms with Crippen molar-refractivity contribution in [3.63, 3.8) is 0 Å². The first kappa shape index (κ1) is 17.3. The fourth-order valence-corrected chi connectivity index (χ4v) is 4.77. The smallest absolute Gasteiger partial charge is 0.286 e. The molecule has 10 heteroatoms. The SMILES string of the molecule is CS(=O)(=O)N1CCC[C@H]1c1nnc(C(=O)Nc2ccc(Cl)cc2)s1. The highest BCUT2D eigenvalue weighted by atomic mass is 35.5. The van der Waals surface area contributed by atoms with E-state index in [0.717, 1.165) is 17.8 Å².